The highest BCUT2D eigenvalue weighted by Crippen LogP contribution is 2.30. The average Bonchev–Trinajstić information content (AvgIpc) is 3.37. The van der Waals surface area contributed by atoms with E-state index in [0.717, 1.165) is 12.1 Å². The molecule has 5 rings (SSSR count). The Hall–Kier alpha value is -3.83. The first-order valence-electron chi connectivity index (χ1n) is 12.4. The number of benzene rings is 2. The number of aromatic nitrogens is 4. The van der Waals surface area contributed by atoms with Gasteiger partial charge in [-0.25, -0.2) is 8.91 Å². The first-order valence-corrected chi connectivity index (χ1v) is 12.4. The van der Waals surface area contributed by atoms with Gasteiger partial charge in [-0.3, -0.25) is 9.36 Å². The van der Waals surface area contributed by atoms with Crippen molar-refractivity contribution in [2.75, 3.05) is 0 Å². The number of nitriles is 1. The third-order valence-electron chi connectivity index (χ3n) is 7.12. The molecule has 0 unspecified atom stereocenters. The Balaban J connectivity index is 1.59. The van der Waals surface area contributed by atoms with E-state index in [1.54, 1.807) is 39.4 Å². The van der Waals surface area contributed by atoms with E-state index in [1.807, 2.05) is 13.0 Å². The fourth-order valence-corrected chi connectivity index (χ4v) is 5.28. The van der Waals surface area contributed by atoms with Crippen molar-refractivity contribution in [2.45, 2.75) is 64.0 Å². The summed E-state index contributed by atoms with van der Waals surface area (Å²) in [5, 5.41) is 23.8. The summed E-state index contributed by atoms with van der Waals surface area (Å²) in [7, 11) is 0. The molecule has 1 saturated carbocycles. The molecule has 184 valence electrons. The van der Waals surface area contributed by atoms with Gasteiger partial charge in [0.1, 0.15) is 12.1 Å². The number of rotatable bonds is 6. The summed E-state index contributed by atoms with van der Waals surface area (Å²) >= 11 is 0. The maximum Gasteiger partial charge on any atom is 0.259 e. The molecule has 0 bridgehead atoms. The minimum Gasteiger partial charge on any atom is -0.393 e. The number of fused-ring (bicyclic) bond motifs is 1. The molecule has 8 heteroatoms. The van der Waals surface area contributed by atoms with Crippen molar-refractivity contribution in [3.63, 3.8) is 0 Å². The van der Waals surface area contributed by atoms with Crippen molar-refractivity contribution in [3.05, 3.63) is 87.3 Å². The second-order valence-electron chi connectivity index (χ2n) is 9.42. The van der Waals surface area contributed by atoms with E-state index < -0.39 is 5.82 Å². The zero-order valence-corrected chi connectivity index (χ0v) is 20.2. The molecule has 4 aromatic rings. The van der Waals surface area contributed by atoms with Crippen LogP contribution in [0.15, 0.2) is 53.6 Å². The van der Waals surface area contributed by atoms with Crippen LogP contribution in [0.1, 0.15) is 67.5 Å². The van der Waals surface area contributed by atoms with Crippen LogP contribution < -0.4 is 5.56 Å². The van der Waals surface area contributed by atoms with E-state index in [-0.39, 0.29) is 24.1 Å². The molecule has 0 amide bonds. The predicted octanol–water partition coefficient (Wildman–Crippen LogP) is 4.59. The van der Waals surface area contributed by atoms with Gasteiger partial charge in [-0.1, -0.05) is 43.7 Å². The zero-order chi connectivity index (χ0) is 25.2. The Labute approximate surface area is 208 Å². The summed E-state index contributed by atoms with van der Waals surface area (Å²) < 4.78 is 18.8. The molecule has 7 nitrogen and oxygen atoms in total. The molecular weight excluding hydrogens is 457 g/mol. The van der Waals surface area contributed by atoms with Crippen LogP contribution in [0, 0.1) is 17.1 Å². The van der Waals surface area contributed by atoms with Crippen molar-refractivity contribution in [1.82, 2.24) is 19.2 Å². The van der Waals surface area contributed by atoms with Gasteiger partial charge >= 0.3 is 0 Å². The standard InChI is InChI=1S/C28H28FN5O2/c1-2-5-26-24(14-19-9-8-18(15-25(19)29)23-7-4-3-6-20(23)16-30)27(36)33(28-31-17-32-34(26)28)21-10-12-22(35)13-11-21/h3-4,6-9,15,17,21-22,35H,2,5,10-14H2,1H3. The van der Waals surface area contributed by atoms with E-state index in [2.05, 4.69) is 16.2 Å². The van der Waals surface area contributed by atoms with Gasteiger partial charge < -0.3 is 5.11 Å². The Kier molecular flexibility index (Phi) is 6.66. The van der Waals surface area contributed by atoms with Crippen LogP contribution in [0.5, 0.6) is 0 Å². The Morgan fingerprint density at radius 2 is 1.94 bits per heavy atom. The van der Waals surface area contributed by atoms with E-state index in [0.29, 0.717) is 65.7 Å². The first kappa shape index (κ1) is 23.9. The Morgan fingerprint density at radius 1 is 1.17 bits per heavy atom. The molecular formula is C28H28FN5O2. The van der Waals surface area contributed by atoms with Crippen LogP contribution >= 0.6 is 0 Å². The molecule has 1 aliphatic carbocycles. The lowest BCUT2D eigenvalue weighted by Gasteiger charge is -2.28. The highest BCUT2D eigenvalue weighted by molar-refractivity contribution is 5.70. The molecule has 2 aromatic carbocycles. The quantitative estimate of drug-likeness (QED) is 0.431. The van der Waals surface area contributed by atoms with Crippen molar-refractivity contribution in [1.29, 1.82) is 5.26 Å². The first-order chi connectivity index (χ1) is 17.5. The van der Waals surface area contributed by atoms with E-state index in [1.165, 1.54) is 12.4 Å². The van der Waals surface area contributed by atoms with Gasteiger partial charge in [0.15, 0.2) is 0 Å². The topological polar surface area (TPSA) is 96.2 Å². The number of aliphatic hydroxyl groups excluding tert-OH is 1. The minimum atomic E-state index is -0.423. The predicted molar refractivity (Wildman–Crippen MR) is 134 cm³/mol. The highest BCUT2D eigenvalue weighted by Gasteiger charge is 2.27. The molecule has 2 heterocycles. The van der Waals surface area contributed by atoms with E-state index in [9.17, 15) is 15.2 Å². The largest absolute Gasteiger partial charge is 0.393 e. The number of hydrogen-bond donors (Lipinski definition) is 1. The van der Waals surface area contributed by atoms with Crippen LogP contribution in [-0.2, 0) is 12.8 Å². The normalized spacial score (nSPS) is 17.8. The SMILES string of the molecule is CCCc1c(Cc2ccc(-c3ccccc3C#N)cc2F)c(=O)n(C2CCC(O)CC2)c2ncnn12. The van der Waals surface area contributed by atoms with Crippen LogP contribution in [-0.4, -0.2) is 30.4 Å². The third-order valence-corrected chi connectivity index (χ3v) is 7.12. The minimum absolute atomic E-state index is 0.0864. The van der Waals surface area contributed by atoms with Crippen LogP contribution in [0.4, 0.5) is 4.39 Å². The molecule has 0 radical (unpaired) electrons. The van der Waals surface area contributed by atoms with Crippen molar-refractivity contribution >= 4 is 5.78 Å². The maximum atomic E-state index is 15.4. The van der Waals surface area contributed by atoms with Crippen LogP contribution in [0.25, 0.3) is 16.9 Å². The van der Waals surface area contributed by atoms with Crippen LogP contribution in [0.3, 0.4) is 0 Å². The van der Waals surface area contributed by atoms with E-state index in [4.69, 9.17) is 0 Å². The number of hydrogen-bond acceptors (Lipinski definition) is 5. The fraction of sp³-hybridized carbons (Fsp3) is 0.357. The van der Waals surface area contributed by atoms with Gasteiger partial charge in [-0.2, -0.15) is 15.3 Å². The summed E-state index contributed by atoms with van der Waals surface area (Å²) in [4.78, 5) is 18.3. The molecule has 0 aliphatic heterocycles. The third kappa shape index (κ3) is 4.31. The molecule has 0 saturated heterocycles. The molecule has 0 spiro atoms. The summed E-state index contributed by atoms with van der Waals surface area (Å²) in [5.41, 5.74) is 3.28. The van der Waals surface area contributed by atoms with Gasteiger partial charge in [-0.05, 0) is 60.9 Å². The van der Waals surface area contributed by atoms with Gasteiger partial charge in [0.05, 0.1) is 23.4 Å². The second kappa shape index (κ2) is 10.0. The van der Waals surface area contributed by atoms with Gasteiger partial charge in [0.2, 0.25) is 5.78 Å². The lowest BCUT2D eigenvalue weighted by molar-refractivity contribution is 0.110. The summed E-state index contributed by atoms with van der Waals surface area (Å²) in [6.45, 7) is 2.03. The molecule has 1 aliphatic rings. The smallest absolute Gasteiger partial charge is 0.259 e. The fourth-order valence-electron chi connectivity index (χ4n) is 5.28. The number of halogens is 1. The van der Waals surface area contributed by atoms with Gasteiger partial charge in [-0.15, -0.1) is 0 Å². The van der Waals surface area contributed by atoms with Crippen molar-refractivity contribution < 1.29 is 9.50 Å². The lowest BCUT2D eigenvalue weighted by Crippen LogP contribution is -2.34. The Bertz CT molecular complexity index is 1510. The van der Waals surface area contributed by atoms with E-state index >= 15 is 4.39 Å². The maximum absolute atomic E-state index is 15.4. The molecule has 1 N–H and O–H groups in total. The van der Waals surface area contributed by atoms with Gasteiger partial charge in [0.25, 0.3) is 5.56 Å². The molecule has 1 fully saturated rings. The average molecular weight is 486 g/mol. The number of aliphatic hydroxyl groups is 1. The molecule has 0 atom stereocenters. The van der Waals surface area contributed by atoms with Gasteiger partial charge in [0, 0.05) is 18.0 Å². The molecule has 36 heavy (non-hydrogen) atoms. The molecule has 2 aromatic heterocycles. The monoisotopic (exact) mass is 485 g/mol. The lowest BCUT2D eigenvalue weighted by atomic mass is 9.92. The van der Waals surface area contributed by atoms with Crippen LogP contribution in [0.2, 0.25) is 0 Å². The summed E-state index contributed by atoms with van der Waals surface area (Å²) in [6, 6.07) is 14.1. The second-order valence-corrected chi connectivity index (χ2v) is 9.42. The highest BCUT2D eigenvalue weighted by atomic mass is 19.1. The van der Waals surface area contributed by atoms with Crippen molar-refractivity contribution in [3.8, 4) is 17.2 Å². The summed E-state index contributed by atoms with van der Waals surface area (Å²) in [6.07, 6.45) is 5.27. The Morgan fingerprint density at radius 3 is 2.67 bits per heavy atom. The summed E-state index contributed by atoms with van der Waals surface area (Å²) in [5.74, 6) is 0.0747. The zero-order valence-electron chi connectivity index (χ0n) is 20.2. The number of nitrogens with zero attached hydrogens (tertiary/aromatic N) is 5. The number of aryl methyl sites for hydroxylation is 1. The van der Waals surface area contributed by atoms with Crippen molar-refractivity contribution in [2.24, 2.45) is 0 Å².